The lowest BCUT2D eigenvalue weighted by Gasteiger charge is -2.06. The van der Waals surface area contributed by atoms with Gasteiger partial charge in [0.05, 0.1) is 53.4 Å². The monoisotopic (exact) mass is 947 g/mol. The predicted molar refractivity (Wildman–Crippen MR) is 246 cm³/mol. The van der Waals surface area contributed by atoms with Crippen LogP contribution in [0.3, 0.4) is 0 Å². The Morgan fingerprint density at radius 1 is 0.742 bits per heavy atom. The molecule has 21 heteroatoms. The van der Waals surface area contributed by atoms with Crippen molar-refractivity contribution in [2.45, 2.75) is 68.1 Å². The summed E-state index contributed by atoms with van der Waals surface area (Å²) in [5, 5.41) is 24.3. The summed E-state index contributed by atoms with van der Waals surface area (Å²) < 4.78 is 26.6. The second-order valence-corrected chi connectivity index (χ2v) is 13.6. The number of anilines is 1. The molecule has 315 valence electrons. The van der Waals surface area contributed by atoms with Crippen LogP contribution in [0.1, 0.15) is 76.5 Å². The standard InChI is InChI=1S/2C13H11N5O.C13H13N5O.C2H6O.BHI/c1-7-3-4-11(19-7)13-15-10-6-14-5-9(10)12-17-16-8(2)18(12)13;1-7-3-4-11(19-7)13-16-10-6-14-5-9(10)12-15-8(2)17-18(12)13;1-3-15-18-12-9-6-14-7-10(9)16-13(17-12)11-5-4-8(2)19-11;1-2-3;1-2/h2*3-5H,6H2,1-2H3;3-6H,7H2,1-2H3,(H,16,17,18);3H,2H2,1H3;1H/b;;15-3+;;/i;;;;1D. The second kappa shape index (κ2) is 19.3. The van der Waals surface area contributed by atoms with Crippen LogP contribution in [0, 0.1) is 34.6 Å². The second-order valence-electron chi connectivity index (χ2n) is 13.6. The summed E-state index contributed by atoms with van der Waals surface area (Å²) in [5.74, 6) is 8.69. The van der Waals surface area contributed by atoms with Crippen molar-refractivity contribution in [1.29, 1.82) is 1.34 Å². The zero-order valence-electron chi connectivity index (χ0n) is 36.0. The number of hydrogen-bond donors (Lipinski definition) is 2. The average molecular weight is 948 g/mol. The van der Waals surface area contributed by atoms with E-state index >= 15 is 0 Å². The minimum absolute atomic E-state index is 0.250. The third-order valence-electron chi connectivity index (χ3n) is 9.13. The van der Waals surface area contributed by atoms with Gasteiger partial charge in [-0.2, -0.15) is 32.0 Å². The van der Waals surface area contributed by atoms with Crippen molar-refractivity contribution in [2.24, 2.45) is 20.1 Å². The Morgan fingerprint density at radius 2 is 1.26 bits per heavy atom. The van der Waals surface area contributed by atoms with E-state index in [1.165, 1.54) is 5.67 Å². The van der Waals surface area contributed by atoms with Gasteiger partial charge in [0.1, 0.15) is 28.9 Å². The number of halogens is 1. The number of aryl methyl sites for hydroxylation is 5. The van der Waals surface area contributed by atoms with Crippen LogP contribution in [-0.4, -0.2) is 92.7 Å². The number of aliphatic hydroxyl groups is 1. The highest BCUT2D eigenvalue weighted by Gasteiger charge is 2.23. The SMILES string of the molecule is C/C=N/Nc1nc(-c2ccc(C)o2)nc2c1C=NC2.CCO.Cc1ccc(-c2nc3c(c4nnc(C)n24)C=NC3)o1.Cc1nc2c3c(nc(-c4ccc(C)o4)n2n1)CN=C3.[2H][B]I. The summed E-state index contributed by atoms with van der Waals surface area (Å²) in [7, 11) is 0. The van der Waals surface area contributed by atoms with Crippen LogP contribution in [0.25, 0.3) is 46.0 Å². The molecule has 2 N–H and O–H groups in total. The first-order valence-corrected chi connectivity index (χ1v) is 20.6. The molecule has 0 saturated carbocycles. The summed E-state index contributed by atoms with van der Waals surface area (Å²) in [6.45, 7) is 15.0. The van der Waals surface area contributed by atoms with Crippen LogP contribution in [-0.2, 0) is 19.6 Å². The van der Waals surface area contributed by atoms with Gasteiger partial charge in [-0.05, 0) is 86.2 Å². The first kappa shape index (κ1) is 42.0. The first-order valence-electron chi connectivity index (χ1n) is 19.9. The molecule has 62 heavy (non-hydrogen) atoms. The first-order chi connectivity index (χ1) is 30.6. The number of aromatic nitrogens is 10. The number of nitrogens with zero attached hydrogens (tertiary/aromatic N) is 14. The molecule has 1 radical (unpaired) electrons. The zero-order valence-corrected chi connectivity index (χ0v) is 37.1. The van der Waals surface area contributed by atoms with Crippen molar-refractivity contribution in [1.82, 2.24) is 49.1 Å². The van der Waals surface area contributed by atoms with Crippen molar-refractivity contribution in [3.05, 3.63) is 99.1 Å². The lowest BCUT2D eigenvalue weighted by molar-refractivity contribution is 0.318. The molecule has 0 spiro atoms. The lowest BCUT2D eigenvalue weighted by Crippen LogP contribution is -2.03. The van der Waals surface area contributed by atoms with Gasteiger partial charge in [-0.3, -0.25) is 24.8 Å². The summed E-state index contributed by atoms with van der Waals surface area (Å²) in [6.07, 6.45) is 7.04. The summed E-state index contributed by atoms with van der Waals surface area (Å²) in [5.41, 5.74) is 11.2. The van der Waals surface area contributed by atoms with Gasteiger partial charge in [0.2, 0.25) is 0 Å². The van der Waals surface area contributed by atoms with Crippen LogP contribution in [0.15, 0.2) is 69.7 Å². The third-order valence-corrected chi connectivity index (χ3v) is 9.13. The normalized spacial score (nSPS) is 12.8. The van der Waals surface area contributed by atoms with E-state index in [-0.39, 0.29) is 6.61 Å². The summed E-state index contributed by atoms with van der Waals surface area (Å²) >= 11 is 1.83. The smallest absolute Gasteiger partial charge is 0.199 e. The Bertz CT molecular complexity index is 2990. The van der Waals surface area contributed by atoms with Crippen molar-refractivity contribution < 1.29 is 18.4 Å². The van der Waals surface area contributed by atoms with Gasteiger partial charge in [0.25, 0.3) is 0 Å². The Balaban J connectivity index is 0.000000133. The highest BCUT2D eigenvalue weighted by atomic mass is 127. The maximum atomic E-state index is 7.57. The van der Waals surface area contributed by atoms with Crippen LogP contribution in [0.2, 0.25) is 0 Å². The molecular weight excluding hydrogens is 904 g/mol. The Kier molecular flexibility index (Phi) is 13.1. The molecule has 3 aliphatic rings. The van der Waals surface area contributed by atoms with Gasteiger partial charge in [-0.15, -0.1) is 15.3 Å². The highest BCUT2D eigenvalue weighted by Crippen LogP contribution is 2.29. The number of furan rings is 3. The van der Waals surface area contributed by atoms with Gasteiger partial charge in [0.15, 0.2) is 57.5 Å². The van der Waals surface area contributed by atoms with Gasteiger partial charge in [-0.25, -0.2) is 24.9 Å². The van der Waals surface area contributed by atoms with E-state index < -0.39 is 0 Å². The molecule has 0 aromatic carbocycles. The fourth-order valence-corrected chi connectivity index (χ4v) is 6.52. The molecule has 0 saturated heterocycles. The van der Waals surface area contributed by atoms with Crippen molar-refractivity contribution in [2.75, 3.05) is 12.0 Å². The Labute approximate surface area is 371 Å². The number of nitrogens with one attached hydrogen (secondary N) is 1. The van der Waals surface area contributed by atoms with E-state index in [1.807, 2.05) is 117 Å². The lowest BCUT2D eigenvalue weighted by atomic mass is 10.2. The van der Waals surface area contributed by atoms with E-state index in [9.17, 15) is 0 Å². The maximum absolute atomic E-state index is 7.57. The maximum Gasteiger partial charge on any atom is 0.199 e. The zero-order chi connectivity index (χ0) is 44.6. The molecule has 0 aliphatic carbocycles. The van der Waals surface area contributed by atoms with Crippen LogP contribution in [0.4, 0.5) is 5.82 Å². The number of rotatable bonds is 5. The Hall–Kier alpha value is -6.75. The molecule has 0 atom stereocenters. The molecule has 19 nitrogen and oxygen atoms in total. The third kappa shape index (κ3) is 8.98. The molecule has 11 rings (SSSR count). The van der Waals surface area contributed by atoms with Crippen LogP contribution < -0.4 is 5.43 Å². The fraction of sp³-hybridized carbons (Fsp3) is 0.268. The number of fused-ring (bicyclic) bond motifs is 7. The van der Waals surface area contributed by atoms with Gasteiger partial charge in [-0.1, -0.05) is 0 Å². The van der Waals surface area contributed by atoms with E-state index in [2.05, 4.69) is 65.7 Å². The largest absolute Gasteiger partial charge is 0.458 e. The molecular formula is C41H42BIN15O4. The van der Waals surface area contributed by atoms with Gasteiger partial charge in [0, 0.05) is 31.5 Å². The minimum Gasteiger partial charge on any atom is -0.458 e. The van der Waals surface area contributed by atoms with Gasteiger partial charge >= 0.3 is 0 Å². The van der Waals surface area contributed by atoms with E-state index in [0.29, 0.717) is 54.4 Å². The molecule has 0 amide bonds. The molecule has 8 aromatic heterocycles. The van der Waals surface area contributed by atoms with Crippen molar-refractivity contribution in [3.8, 4) is 34.8 Å². The van der Waals surface area contributed by atoms with Crippen molar-refractivity contribution >= 4 is 70.0 Å². The fourth-order valence-electron chi connectivity index (χ4n) is 6.52. The molecule has 0 bridgehead atoms. The molecule has 0 unspecified atom stereocenters. The number of aliphatic hydroxyl groups excluding tert-OH is 1. The summed E-state index contributed by atoms with van der Waals surface area (Å²) in [4.78, 5) is 35.4. The van der Waals surface area contributed by atoms with E-state index in [0.717, 1.165) is 79.8 Å². The topological polar surface area (TPSA) is 233 Å². The van der Waals surface area contributed by atoms with Crippen LogP contribution in [0.5, 0.6) is 0 Å². The number of hydrogen-bond acceptors (Lipinski definition) is 17. The number of aliphatic imine (C=N–C) groups is 3. The quantitative estimate of drug-likeness (QED) is 0.0813. The van der Waals surface area contributed by atoms with E-state index in [4.69, 9.17) is 19.7 Å². The number of hydrazone groups is 1. The molecule has 8 aromatic rings. The van der Waals surface area contributed by atoms with Gasteiger partial charge < -0.3 is 18.4 Å². The summed E-state index contributed by atoms with van der Waals surface area (Å²) in [6, 6.07) is 11.4. The molecule has 11 heterocycles. The Morgan fingerprint density at radius 3 is 1.82 bits per heavy atom. The molecule has 0 fully saturated rings. The highest BCUT2D eigenvalue weighted by molar-refractivity contribution is 14.1. The molecule has 3 aliphatic heterocycles. The minimum atomic E-state index is 0.250. The van der Waals surface area contributed by atoms with Crippen molar-refractivity contribution in [3.63, 3.8) is 0 Å². The predicted octanol–water partition coefficient (Wildman–Crippen LogP) is 6.50. The van der Waals surface area contributed by atoms with E-state index in [1.54, 1.807) is 23.9 Å². The van der Waals surface area contributed by atoms with Crippen LogP contribution >= 0.6 is 22.4 Å². The average Bonchev–Trinajstić information content (AvgIpc) is 4.10.